The Bertz CT molecular complexity index is 664. The molecule has 1 unspecified atom stereocenters. The Kier molecular flexibility index (Phi) is 5.04. The van der Waals surface area contributed by atoms with Gasteiger partial charge in [0.1, 0.15) is 5.82 Å². The number of nitrogens with one attached hydrogen (secondary N) is 1. The molecule has 0 heterocycles. The molecule has 0 aliphatic heterocycles. The number of para-hydroxylation sites is 1. The maximum Gasteiger partial charge on any atom is 0.333 e. The number of esters is 1. The van der Waals surface area contributed by atoms with Crippen LogP contribution in [0, 0.1) is 5.82 Å². The van der Waals surface area contributed by atoms with Crippen LogP contribution in [-0.2, 0) is 9.53 Å². The maximum absolute atomic E-state index is 13.7. The molecule has 2 rings (SSSR count). The largest absolute Gasteiger partial charge is 0.467 e. The number of rotatable bonds is 4. The predicted molar refractivity (Wildman–Crippen MR) is 81.2 cm³/mol. The lowest BCUT2D eigenvalue weighted by Gasteiger charge is -2.20. The van der Waals surface area contributed by atoms with Crippen molar-refractivity contribution in [3.63, 3.8) is 0 Å². The van der Waals surface area contributed by atoms with Crippen molar-refractivity contribution in [3.8, 4) is 0 Å². The van der Waals surface area contributed by atoms with E-state index in [-0.39, 0.29) is 10.7 Å². The molecule has 110 valence electrons. The third-order valence-electron chi connectivity index (χ3n) is 2.90. The number of ether oxygens (including phenoxy) is 1. The van der Waals surface area contributed by atoms with E-state index in [1.165, 1.54) is 19.2 Å². The molecule has 0 aliphatic carbocycles. The molecule has 1 N–H and O–H groups in total. The topological polar surface area (TPSA) is 38.3 Å². The van der Waals surface area contributed by atoms with Crippen molar-refractivity contribution in [2.24, 2.45) is 0 Å². The van der Waals surface area contributed by atoms with Crippen LogP contribution < -0.4 is 5.32 Å². The number of carbonyl (C=O) groups is 1. The van der Waals surface area contributed by atoms with E-state index in [1.54, 1.807) is 30.3 Å². The fourth-order valence-electron chi connectivity index (χ4n) is 1.86. The average molecular weight is 328 g/mol. The minimum Gasteiger partial charge on any atom is -0.467 e. The molecule has 21 heavy (non-hydrogen) atoms. The summed E-state index contributed by atoms with van der Waals surface area (Å²) in [5, 5.41) is 3.31. The highest BCUT2D eigenvalue weighted by Crippen LogP contribution is 2.32. The Balaban J connectivity index is 2.42. The summed E-state index contributed by atoms with van der Waals surface area (Å²) < 4.78 is 18.5. The van der Waals surface area contributed by atoms with E-state index >= 15 is 0 Å². The van der Waals surface area contributed by atoms with Gasteiger partial charge in [-0.2, -0.15) is 0 Å². The van der Waals surface area contributed by atoms with Crippen LogP contribution in [0.25, 0.3) is 0 Å². The maximum atomic E-state index is 13.7. The molecule has 2 aromatic rings. The van der Waals surface area contributed by atoms with Gasteiger partial charge in [-0.1, -0.05) is 47.5 Å². The van der Waals surface area contributed by atoms with Gasteiger partial charge in [0.15, 0.2) is 6.04 Å². The zero-order chi connectivity index (χ0) is 15.4. The lowest BCUT2D eigenvalue weighted by Crippen LogP contribution is -2.23. The first kappa shape index (κ1) is 15.6. The quantitative estimate of drug-likeness (QED) is 0.842. The third-order valence-corrected chi connectivity index (χ3v) is 3.74. The zero-order valence-corrected chi connectivity index (χ0v) is 12.6. The van der Waals surface area contributed by atoms with Crippen molar-refractivity contribution >= 4 is 34.9 Å². The van der Waals surface area contributed by atoms with E-state index in [4.69, 9.17) is 27.9 Å². The molecular formula is C15H12Cl2FNO2. The lowest BCUT2D eigenvalue weighted by molar-refractivity contribution is -0.141. The first-order valence-corrected chi connectivity index (χ1v) is 6.83. The first-order chi connectivity index (χ1) is 10.0. The molecule has 0 aliphatic rings. The minimum absolute atomic E-state index is 0.170. The Morgan fingerprint density at radius 1 is 1.19 bits per heavy atom. The zero-order valence-electron chi connectivity index (χ0n) is 11.1. The molecule has 0 aromatic heterocycles. The number of benzene rings is 2. The number of hydrogen-bond donors (Lipinski definition) is 1. The van der Waals surface area contributed by atoms with Gasteiger partial charge in [-0.3, -0.25) is 0 Å². The summed E-state index contributed by atoms with van der Waals surface area (Å²) in [5.74, 6) is -1.08. The van der Waals surface area contributed by atoms with E-state index in [9.17, 15) is 9.18 Å². The molecule has 0 fully saturated rings. The number of halogens is 3. The summed E-state index contributed by atoms with van der Waals surface area (Å²) >= 11 is 12.1. The van der Waals surface area contributed by atoms with Gasteiger partial charge in [-0.05, 0) is 18.2 Å². The second kappa shape index (κ2) is 6.78. The summed E-state index contributed by atoms with van der Waals surface area (Å²) in [4.78, 5) is 12.0. The van der Waals surface area contributed by atoms with Gasteiger partial charge in [0.05, 0.1) is 22.8 Å². The summed E-state index contributed by atoms with van der Waals surface area (Å²) in [6.07, 6.45) is 0. The first-order valence-electron chi connectivity index (χ1n) is 6.07. The van der Waals surface area contributed by atoms with Gasteiger partial charge in [-0.25, -0.2) is 9.18 Å². The lowest BCUT2D eigenvalue weighted by atomic mass is 10.1. The van der Waals surface area contributed by atoms with Crippen molar-refractivity contribution in [2.75, 3.05) is 12.4 Å². The van der Waals surface area contributed by atoms with Crippen molar-refractivity contribution in [1.29, 1.82) is 0 Å². The molecule has 0 saturated heterocycles. The van der Waals surface area contributed by atoms with Crippen molar-refractivity contribution < 1.29 is 13.9 Å². The van der Waals surface area contributed by atoms with E-state index in [0.29, 0.717) is 10.6 Å². The number of methoxy groups -OCH3 is 1. The number of carbonyl (C=O) groups excluding carboxylic acids is 1. The van der Waals surface area contributed by atoms with Crippen molar-refractivity contribution in [2.45, 2.75) is 6.04 Å². The van der Waals surface area contributed by atoms with E-state index in [1.807, 2.05) is 0 Å². The van der Waals surface area contributed by atoms with Crippen molar-refractivity contribution in [1.82, 2.24) is 0 Å². The SMILES string of the molecule is COC(=O)C(Nc1ccccc1F)c1cccc(Cl)c1Cl. The van der Waals surface area contributed by atoms with Crippen LogP contribution in [0.5, 0.6) is 0 Å². The van der Waals surface area contributed by atoms with Crippen LogP contribution in [0.2, 0.25) is 10.0 Å². The highest BCUT2D eigenvalue weighted by Gasteiger charge is 2.25. The molecule has 0 bridgehead atoms. The molecular weight excluding hydrogens is 316 g/mol. The molecule has 3 nitrogen and oxygen atoms in total. The summed E-state index contributed by atoms with van der Waals surface area (Å²) in [6.45, 7) is 0. The monoisotopic (exact) mass is 327 g/mol. The van der Waals surface area contributed by atoms with Gasteiger partial charge in [-0.15, -0.1) is 0 Å². The van der Waals surface area contributed by atoms with E-state index < -0.39 is 17.8 Å². The molecule has 0 spiro atoms. The molecule has 0 saturated carbocycles. The van der Waals surface area contributed by atoms with Gasteiger partial charge >= 0.3 is 5.97 Å². The predicted octanol–water partition coefficient (Wildman–Crippen LogP) is 4.46. The van der Waals surface area contributed by atoms with E-state index in [2.05, 4.69) is 5.32 Å². The fraction of sp³-hybridized carbons (Fsp3) is 0.133. The molecule has 6 heteroatoms. The molecule has 0 amide bonds. The highest BCUT2D eigenvalue weighted by molar-refractivity contribution is 6.42. The van der Waals surface area contributed by atoms with Crippen LogP contribution in [0.15, 0.2) is 42.5 Å². The van der Waals surface area contributed by atoms with Gasteiger partial charge in [0, 0.05) is 5.56 Å². The number of hydrogen-bond acceptors (Lipinski definition) is 3. The molecule has 2 aromatic carbocycles. The van der Waals surface area contributed by atoms with E-state index in [0.717, 1.165) is 0 Å². The van der Waals surface area contributed by atoms with Crippen LogP contribution in [0.3, 0.4) is 0 Å². The van der Waals surface area contributed by atoms with Gasteiger partial charge < -0.3 is 10.1 Å². The second-order valence-corrected chi connectivity index (χ2v) is 5.01. The van der Waals surface area contributed by atoms with Crippen molar-refractivity contribution in [3.05, 3.63) is 63.9 Å². The smallest absolute Gasteiger partial charge is 0.333 e. The summed E-state index contributed by atoms with van der Waals surface area (Å²) in [7, 11) is 1.25. The molecule has 1 atom stereocenters. The summed E-state index contributed by atoms with van der Waals surface area (Å²) in [6, 6.07) is 9.94. The summed E-state index contributed by atoms with van der Waals surface area (Å²) in [5.41, 5.74) is 0.586. The number of anilines is 1. The average Bonchev–Trinajstić information content (AvgIpc) is 2.49. The second-order valence-electron chi connectivity index (χ2n) is 4.22. The Labute approximate surface area is 131 Å². The molecule has 0 radical (unpaired) electrons. The standard InChI is InChI=1S/C15H12Cl2FNO2/c1-21-15(20)14(9-5-4-6-10(16)13(9)17)19-12-8-3-2-7-11(12)18/h2-8,14,19H,1H3. The van der Waals surface area contributed by atoms with Gasteiger partial charge in [0.2, 0.25) is 0 Å². The van der Waals surface area contributed by atoms with Gasteiger partial charge in [0.25, 0.3) is 0 Å². The Morgan fingerprint density at radius 2 is 1.90 bits per heavy atom. The Morgan fingerprint density at radius 3 is 2.57 bits per heavy atom. The normalized spacial score (nSPS) is 11.8. The Hall–Kier alpha value is -1.78. The fourth-order valence-corrected chi connectivity index (χ4v) is 2.28. The highest BCUT2D eigenvalue weighted by atomic mass is 35.5. The third kappa shape index (κ3) is 3.46. The van der Waals surface area contributed by atoms with Crippen LogP contribution >= 0.6 is 23.2 Å². The van der Waals surface area contributed by atoms with Crippen LogP contribution in [0.1, 0.15) is 11.6 Å². The van der Waals surface area contributed by atoms with Crippen LogP contribution in [-0.4, -0.2) is 13.1 Å². The van der Waals surface area contributed by atoms with Crippen LogP contribution in [0.4, 0.5) is 10.1 Å². The minimum atomic E-state index is -0.960.